The molecule has 0 atom stereocenters. The Bertz CT molecular complexity index is 516. The standard InChI is InChI=1S/C12H9FO4/c13-9-1-3-10(4-2-9)17-7-8-5-6-16-11(8)12(14)15/h1-6H,7H2,(H,14,15). The summed E-state index contributed by atoms with van der Waals surface area (Å²) in [6.45, 7) is 0.0593. The molecule has 0 aliphatic carbocycles. The van der Waals surface area contributed by atoms with Crippen LogP contribution in [0, 0.1) is 5.82 Å². The fourth-order valence-corrected chi connectivity index (χ4v) is 1.33. The van der Waals surface area contributed by atoms with Crippen molar-refractivity contribution in [2.24, 2.45) is 0 Å². The molecule has 0 aliphatic rings. The van der Waals surface area contributed by atoms with Crippen molar-refractivity contribution in [3.8, 4) is 5.75 Å². The Morgan fingerprint density at radius 2 is 2.00 bits per heavy atom. The topological polar surface area (TPSA) is 59.7 Å². The SMILES string of the molecule is O=C(O)c1occc1COc1ccc(F)cc1. The Hall–Kier alpha value is -2.30. The summed E-state index contributed by atoms with van der Waals surface area (Å²) in [7, 11) is 0. The lowest BCUT2D eigenvalue weighted by Gasteiger charge is -2.04. The van der Waals surface area contributed by atoms with Crippen LogP contribution in [0.5, 0.6) is 5.75 Å². The van der Waals surface area contributed by atoms with Gasteiger partial charge in [0, 0.05) is 5.56 Å². The molecule has 0 fully saturated rings. The molecule has 0 saturated carbocycles. The van der Waals surface area contributed by atoms with E-state index in [-0.39, 0.29) is 18.2 Å². The molecule has 5 heteroatoms. The molecule has 0 aliphatic heterocycles. The van der Waals surface area contributed by atoms with Crippen LogP contribution in [0.1, 0.15) is 16.1 Å². The Morgan fingerprint density at radius 3 is 2.65 bits per heavy atom. The van der Waals surface area contributed by atoms with Crippen molar-refractivity contribution in [1.82, 2.24) is 0 Å². The van der Waals surface area contributed by atoms with Gasteiger partial charge in [-0.05, 0) is 30.3 Å². The highest BCUT2D eigenvalue weighted by Crippen LogP contribution is 2.16. The predicted octanol–water partition coefficient (Wildman–Crippen LogP) is 2.70. The van der Waals surface area contributed by atoms with E-state index in [1.807, 2.05) is 0 Å². The fourth-order valence-electron chi connectivity index (χ4n) is 1.33. The molecule has 0 saturated heterocycles. The van der Waals surface area contributed by atoms with Gasteiger partial charge in [0.2, 0.25) is 5.76 Å². The molecule has 0 radical (unpaired) electrons. The molecule has 2 rings (SSSR count). The van der Waals surface area contributed by atoms with E-state index in [0.717, 1.165) is 0 Å². The number of hydrogen-bond donors (Lipinski definition) is 1. The van der Waals surface area contributed by atoms with Crippen LogP contribution in [-0.4, -0.2) is 11.1 Å². The summed E-state index contributed by atoms with van der Waals surface area (Å²) in [6, 6.07) is 6.99. The quantitative estimate of drug-likeness (QED) is 0.886. The summed E-state index contributed by atoms with van der Waals surface area (Å²) in [5.41, 5.74) is 0.432. The van der Waals surface area contributed by atoms with Crippen molar-refractivity contribution in [3.63, 3.8) is 0 Å². The highest BCUT2D eigenvalue weighted by Gasteiger charge is 2.14. The number of benzene rings is 1. The minimum atomic E-state index is -1.15. The first kappa shape index (κ1) is 11.2. The van der Waals surface area contributed by atoms with Crippen molar-refractivity contribution < 1.29 is 23.4 Å². The van der Waals surface area contributed by atoms with E-state index >= 15 is 0 Å². The Kier molecular flexibility index (Phi) is 3.09. The molecule has 0 amide bonds. The molecule has 0 spiro atoms. The van der Waals surface area contributed by atoms with E-state index in [9.17, 15) is 9.18 Å². The summed E-state index contributed by atoms with van der Waals surface area (Å²) in [5.74, 6) is -1.18. The third-order valence-electron chi connectivity index (χ3n) is 2.15. The summed E-state index contributed by atoms with van der Waals surface area (Å²) < 4.78 is 22.7. The molecule has 0 unspecified atom stereocenters. The Labute approximate surface area is 96.2 Å². The van der Waals surface area contributed by atoms with Crippen LogP contribution < -0.4 is 4.74 Å². The maximum atomic E-state index is 12.6. The van der Waals surface area contributed by atoms with Gasteiger partial charge in [-0.3, -0.25) is 0 Å². The highest BCUT2D eigenvalue weighted by molar-refractivity contribution is 5.86. The molecule has 1 N–H and O–H groups in total. The van der Waals surface area contributed by atoms with Crippen LogP contribution in [0.25, 0.3) is 0 Å². The molecule has 1 aromatic heterocycles. The van der Waals surface area contributed by atoms with Crippen LogP contribution in [0.2, 0.25) is 0 Å². The summed E-state index contributed by atoms with van der Waals surface area (Å²) in [4.78, 5) is 10.7. The highest BCUT2D eigenvalue weighted by atomic mass is 19.1. The van der Waals surface area contributed by atoms with Crippen molar-refractivity contribution in [1.29, 1.82) is 0 Å². The van der Waals surface area contributed by atoms with Crippen LogP contribution in [0.15, 0.2) is 41.0 Å². The first-order valence-electron chi connectivity index (χ1n) is 4.85. The zero-order chi connectivity index (χ0) is 12.3. The van der Waals surface area contributed by atoms with Gasteiger partial charge in [0.25, 0.3) is 0 Å². The molecule has 2 aromatic rings. The first-order valence-corrected chi connectivity index (χ1v) is 4.85. The van der Waals surface area contributed by atoms with Gasteiger partial charge in [0.05, 0.1) is 6.26 Å². The number of carboxylic acid groups (broad SMARTS) is 1. The average molecular weight is 236 g/mol. The Balaban J connectivity index is 2.05. The third kappa shape index (κ3) is 2.63. The smallest absolute Gasteiger partial charge is 0.372 e. The van der Waals surface area contributed by atoms with Gasteiger partial charge >= 0.3 is 5.97 Å². The van der Waals surface area contributed by atoms with Crippen LogP contribution in [-0.2, 0) is 6.61 Å². The molecule has 1 aromatic carbocycles. The molecule has 0 bridgehead atoms. The lowest BCUT2D eigenvalue weighted by molar-refractivity contribution is 0.0658. The van der Waals surface area contributed by atoms with E-state index in [2.05, 4.69) is 0 Å². The molecular formula is C12H9FO4. The van der Waals surface area contributed by atoms with Gasteiger partial charge in [0.1, 0.15) is 18.2 Å². The van der Waals surface area contributed by atoms with Crippen LogP contribution >= 0.6 is 0 Å². The number of carbonyl (C=O) groups is 1. The normalized spacial score (nSPS) is 10.2. The molecule has 17 heavy (non-hydrogen) atoms. The maximum absolute atomic E-state index is 12.6. The second-order valence-corrected chi connectivity index (χ2v) is 3.32. The summed E-state index contributed by atoms with van der Waals surface area (Å²) in [6.07, 6.45) is 1.28. The van der Waals surface area contributed by atoms with Gasteiger partial charge in [-0.15, -0.1) is 0 Å². The van der Waals surface area contributed by atoms with Gasteiger partial charge in [-0.2, -0.15) is 0 Å². The second kappa shape index (κ2) is 4.69. The Morgan fingerprint density at radius 1 is 1.29 bits per heavy atom. The van der Waals surface area contributed by atoms with Crippen LogP contribution in [0.3, 0.4) is 0 Å². The molecule has 1 heterocycles. The minimum Gasteiger partial charge on any atom is -0.489 e. The van der Waals surface area contributed by atoms with Gasteiger partial charge in [0.15, 0.2) is 0 Å². The van der Waals surface area contributed by atoms with E-state index in [4.69, 9.17) is 14.3 Å². The van der Waals surface area contributed by atoms with E-state index in [0.29, 0.717) is 11.3 Å². The lowest BCUT2D eigenvalue weighted by atomic mass is 10.2. The number of ether oxygens (including phenoxy) is 1. The second-order valence-electron chi connectivity index (χ2n) is 3.32. The monoisotopic (exact) mass is 236 g/mol. The van der Waals surface area contributed by atoms with E-state index in [1.165, 1.54) is 36.6 Å². The van der Waals surface area contributed by atoms with Crippen molar-refractivity contribution >= 4 is 5.97 Å². The molecule has 88 valence electrons. The summed E-state index contributed by atoms with van der Waals surface area (Å²) in [5, 5.41) is 8.79. The number of hydrogen-bond acceptors (Lipinski definition) is 3. The van der Waals surface area contributed by atoms with Gasteiger partial charge in [-0.1, -0.05) is 0 Å². The van der Waals surface area contributed by atoms with Gasteiger partial charge in [-0.25, -0.2) is 9.18 Å². The van der Waals surface area contributed by atoms with Gasteiger partial charge < -0.3 is 14.3 Å². The number of carboxylic acids is 1. The largest absolute Gasteiger partial charge is 0.489 e. The number of aromatic carboxylic acids is 1. The van der Waals surface area contributed by atoms with Crippen molar-refractivity contribution in [2.75, 3.05) is 0 Å². The van der Waals surface area contributed by atoms with E-state index in [1.54, 1.807) is 0 Å². The zero-order valence-corrected chi connectivity index (χ0v) is 8.72. The number of halogens is 1. The molecule has 4 nitrogen and oxygen atoms in total. The predicted molar refractivity (Wildman–Crippen MR) is 56.4 cm³/mol. The average Bonchev–Trinajstić information content (AvgIpc) is 2.76. The summed E-state index contributed by atoms with van der Waals surface area (Å²) >= 11 is 0. The molecular weight excluding hydrogens is 227 g/mol. The lowest BCUT2D eigenvalue weighted by Crippen LogP contribution is -2.02. The minimum absolute atomic E-state index is 0.0593. The number of rotatable bonds is 4. The van der Waals surface area contributed by atoms with E-state index < -0.39 is 5.97 Å². The van der Waals surface area contributed by atoms with Crippen LogP contribution in [0.4, 0.5) is 4.39 Å². The third-order valence-corrected chi connectivity index (χ3v) is 2.15. The maximum Gasteiger partial charge on any atom is 0.372 e. The van der Waals surface area contributed by atoms with Crippen molar-refractivity contribution in [3.05, 3.63) is 53.7 Å². The van der Waals surface area contributed by atoms with Crippen molar-refractivity contribution in [2.45, 2.75) is 6.61 Å². The number of furan rings is 1. The first-order chi connectivity index (χ1) is 8.16. The fraction of sp³-hybridized carbons (Fsp3) is 0.0833. The zero-order valence-electron chi connectivity index (χ0n) is 8.72.